The summed E-state index contributed by atoms with van der Waals surface area (Å²) in [5, 5.41) is 12.6. The van der Waals surface area contributed by atoms with Gasteiger partial charge in [-0.05, 0) is 36.4 Å². The lowest BCUT2D eigenvalue weighted by molar-refractivity contribution is -0.119. The first-order valence-corrected chi connectivity index (χ1v) is 7.50. The third-order valence-electron chi connectivity index (χ3n) is 3.19. The molecule has 8 heteroatoms. The molecule has 2 aromatic rings. The minimum Gasteiger partial charge on any atom is -0.507 e. The van der Waals surface area contributed by atoms with Gasteiger partial charge in [0.2, 0.25) is 0 Å². The van der Waals surface area contributed by atoms with Gasteiger partial charge in [0.05, 0.1) is 19.2 Å². The predicted octanol–water partition coefficient (Wildman–Crippen LogP) is 2.86. The molecule has 0 spiro atoms. The zero-order chi connectivity index (χ0) is 18.4. The SMILES string of the molecule is COc1ccc(O)c(C(=O)OCC(=O)Nc2ccc(OC)c(Cl)c2)c1. The van der Waals surface area contributed by atoms with Gasteiger partial charge in [-0.15, -0.1) is 0 Å². The van der Waals surface area contributed by atoms with E-state index in [-0.39, 0.29) is 11.3 Å². The first kappa shape index (κ1) is 18.4. The van der Waals surface area contributed by atoms with Crippen molar-refractivity contribution in [1.82, 2.24) is 0 Å². The van der Waals surface area contributed by atoms with Gasteiger partial charge < -0.3 is 24.6 Å². The van der Waals surface area contributed by atoms with Crippen LogP contribution in [0.5, 0.6) is 17.2 Å². The molecule has 0 atom stereocenters. The van der Waals surface area contributed by atoms with Gasteiger partial charge in [0, 0.05) is 5.69 Å². The smallest absolute Gasteiger partial charge is 0.342 e. The second-order valence-corrected chi connectivity index (χ2v) is 5.26. The molecule has 0 radical (unpaired) electrons. The standard InChI is InChI=1S/C17H16ClNO6/c1-23-11-4-5-14(20)12(8-11)17(22)25-9-16(21)19-10-3-6-15(24-2)13(18)7-10/h3-8,20H,9H2,1-2H3,(H,19,21). The van der Waals surface area contributed by atoms with E-state index in [2.05, 4.69) is 5.32 Å². The average Bonchev–Trinajstić information content (AvgIpc) is 2.60. The molecule has 0 aliphatic carbocycles. The molecule has 0 aliphatic rings. The first-order chi connectivity index (χ1) is 11.9. The minimum atomic E-state index is -0.848. The van der Waals surface area contributed by atoms with Crippen LogP contribution in [0.15, 0.2) is 36.4 Å². The van der Waals surface area contributed by atoms with Crippen LogP contribution in [0.25, 0.3) is 0 Å². The molecule has 132 valence electrons. The van der Waals surface area contributed by atoms with Gasteiger partial charge in [-0.1, -0.05) is 11.6 Å². The molecule has 0 aromatic heterocycles. The molecular formula is C17H16ClNO6. The summed E-state index contributed by atoms with van der Waals surface area (Å²) in [7, 11) is 2.90. The maximum atomic E-state index is 12.0. The lowest BCUT2D eigenvalue weighted by Crippen LogP contribution is -2.21. The Hall–Kier alpha value is -2.93. The van der Waals surface area contributed by atoms with E-state index in [0.717, 1.165) is 0 Å². The maximum absolute atomic E-state index is 12.0. The fourth-order valence-electron chi connectivity index (χ4n) is 1.96. The number of esters is 1. The normalized spacial score (nSPS) is 10.0. The molecule has 0 heterocycles. The van der Waals surface area contributed by atoms with Crippen LogP contribution in [0.1, 0.15) is 10.4 Å². The highest BCUT2D eigenvalue weighted by Crippen LogP contribution is 2.27. The highest BCUT2D eigenvalue weighted by atomic mass is 35.5. The third kappa shape index (κ3) is 4.77. The fourth-order valence-corrected chi connectivity index (χ4v) is 2.21. The molecule has 2 aromatic carbocycles. The Morgan fingerprint density at radius 1 is 1.12 bits per heavy atom. The van der Waals surface area contributed by atoms with Crippen molar-refractivity contribution in [2.24, 2.45) is 0 Å². The van der Waals surface area contributed by atoms with Crippen molar-refractivity contribution in [2.45, 2.75) is 0 Å². The monoisotopic (exact) mass is 365 g/mol. The number of ether oxygens (including phenoxy) is 3. The Labute approximate surface area is 149 Å². The number of anilines is 1. The summed E-state index contributed by atoms with van der Waals surface area (Å²) < 4.78 is 14.9. The van der Waals surface area contributed by atoms with Crippen LogP contribution >= 0.6 is 11.6 Å². The average molecular weight is 366 g/mol. The number of rotatable bonds is 6. The number of carbonyl (C=O) groups excluding carboxylic acids is 2. The maximum Gasteiger partial charge on any atom is 0.342 e. The largest absolute Gasteiger partial charge is 0.507 e. The van der Waals surface area contributed by atoms with Crippen LogP contribution in [0.2, 0.25) is 5.02 Å². The van der Waals surface area contributed by atoms with Gasteiger partial charge in [-0.25, -0.2) is 4.79 Å². The summed E-state index contributed by atoms with van der Waals surface area (Å²) in [4.78, 5) is 23.8. The number of aromatic hydroxyl groups is 1. The third-order valence-corrected chi connectivity index (χ3v) is 3.49. The number of carbonyl (C=O) groups is 2. The number of hydrogen-bond acceptors (Lipinski definition) is 6. The molecule has 2 rings (SSSR count). The van der Waals surface area contributed by atoms with Gasteiger partial charge in [-0.3, -0.25) is 4.79 Å². The lowest BCUT2D eigenvalue weighted by atomic mass is 10.2. The highest BCUT2D eigenvalue weighted by Gasteiger charge is 2.16. The van der Waals surface area contributed by atoms with Gasteiger partial charge in [0.15, 0.2) is 6.61 Å². The Morgan fingerprint density at radius 3 is 2.52 bits per heavy atom. The Morgan fingerprint density at radius 2 is 1.88 bits per heavy atom. The molecule has 0 unspecified atom stereocenters. The molecule has 1 amide bonds. The van der Waals surface area contributed by atoms with E-state index in [0.29, 0.717) is 22.2 Å². The van der Waals surface area contributed by atoms with Crippen LogP contribution in [-0.2, 0) is 9.53 Å². The lowest BCUT2D eigenvalue weighted by Gasteiger charge is -2.09. The van der Waals surface area contributed by atoms with E-state index in [9.17, 15) is 14.7 Å². The van der Waals surface area contributed by atoms with Crippen molar-refractivity contribution in [3.05, 3.63) is 47.0 Å². The van der Waals surface area contributed by atoms with Crippen molar-refractivity contribution < 1.29 is 28.9 Å². The summed E-state index contributed by atoms with van der Waals surface area (Å²) in [5.74, 6) is -0.828. The summed E-state index contributed by atoms with van der Waals surface area (Å²) in [6, 6.07) is 8.81. The minimum absolute atomic E-state index is 0.0976. The van der Waals surface area contributed by atoms with Crippen LogP contribution in [0.3, 0.4) is 0 Å². The summed E-state index contributed by atoms with van der Waals surface area (Å²) >= 11 is 5.97. The molecule has 2 N–H and O–H groups in total. The van der Waals surface area contributed by atoms with Crippen molar-refractivity contribution >= 4 is 29.2 Å². The van der Waals surface area contributed by atoms with Crippen LogP contribution < -0.4 is 14.8 Å². The molecule has 0 bridgehead atoms. The number of phenols is 1. The summed E-state index contributed by atoms with van der Waals surface area (Å²) in [6.45, 7) is -0.529. The van der Waals surface area contributed by atoms with Crippen molar-refractivity contribution in [3.8, 4) is 17.2 Å². The van der Waals surface area contributed by atoms with Crippen LogP contribution in [0, 0.1) is 0 Å². The number of phenolic OH excluding ortho intramolecular Hbond substituents is 1. The van der Waals surface area contributed by atoms with E-state index in [1.807, 2.05) is 0 Å². The molecule has 0 saturated carbocycles. The van der Waals surface area contributed by atoms with E-state index in [1.165, 1.54) is 38.5 Å². The number of amides is 1. The van der Waals surface area contributed by atoms with Crippen molar-refractivity contribution in [3.63, 3.8) is 0 Å². The van der Waals surface area contributed by atoms with Gasteiger partial charge in [0.25, 0.3) is 5.91 Å². The Balaban J connectivity index is 1.95. The number of nitrogens with one attached hydrogen (secondary N) is 1. The quantitative estimate of drug-likeness (QED) is 0.764. The topological polar surface area (TPSA) is 94.1 Å². The predicted molar refractivity (Wildman–Crippen MR) is 91.6 cm³/mol. The second-order valence-electron chi connectivity index (χ2n) is 4.86. The first-order valence-electron chi connectivity index (χ1n) is 7.12. The van der Waals surface area contributed by atoms with Gasteiger partial charge in [0.1, 0.15) is 22.8 Å². The number of benzene rings is 2. The molecule has 0 aliphatic heterocycles. The molecule has 7 nitrogen and oxygen atoms in total. The van der Waals surface area contributed by atoms with Crippen molar-refractivity contribution in [1.29, 1.82) is 0 Å². The van der Waals surface area contributed by atoms with Gasteiger partial charge in [-0.2, -0.15) is 0 Å². The Bertz CT molecular complexity index is 793. The van der Waals surface area contributed by atoms with Crippen molar-refractivity contribution in [2.75, 3.05) is 26.1 Å². The molecular weight excluding hydrogens is 350 g/mol. The van der Waals surface area contributed by atoms with E-state index >= 15 is 0 Å². The second kappa shape index (κ2) is 8.25. The summed E-state index contributed by atoms with van der Waals surface area (Å²) in [5.41, 5.74) is 0.329. The number of methoxy groups -OCH3 is 2. The van der Waals surface area contributed by atoms with E-state index in [1.54, 1.807) is 12.1 Å². The molecule has 0 fully saturated rings. The fraction of sp³-hybridized carbons (Fsp3) is 0.176. The number of halogens is 1. The summed E-state index contributed by atoms with van der Waals surface area (Å²) in [6.07, 6.45) is 0. The van der Waals surface area contributed by atoms with E-state index < -0.39 is 18.5 Å². The van der Waals surface area contributed by atoms with Gasteiger partial charge >= 0.3 is 5.97 Å². The Kier molecular flexibility index (Phi) is 6.08. The number of hydrogen-bond donors (Lipinski definition) is 2. The zero-order valence-electron chi connectivity index (χ0n) is 13.5. The van der Waals surface area contributed by atoms with E-state index in [4.69, 9.17) is 25.8 Å². The highest BCUT2D eigenvalue weighted by molar-refractivity contribution is 6.32. The van der Waals surface area contributed by atoms with Crippen LogP contribution in [-0.4, -0.2) is 37.8 Å². The van der Waals surface area contributed by atoms with Crippen LogP contribution in [0.4, 0.5) is 5.69 Å². The molecule has 0 saturated heterocycles. The zero-order valence-corrected chi connectivity index (χ0v) is 14.3. The molecule has 25 heavy (non-hydrogen) atoms.